The van der Waals surface area contributed by atoms with Crippen molar-refractivity contribution in [1.82, 2.24) is 25.7 Å². The maximum atomic E-state index is 13.5. The number of halogens is 2. The fraction of sp³-hybridized carbons (Fsp3) is 0.538. The Morgan fingerprint density at radius 3 is 2.31 bits per heavy atom. The Morgan fingerprint density at radius 2 is 1.72 bits per heavy atom. The monoisotopic (exact) mass is 549 g/mol. The third kappa shape index (κ3) is 7.58. The molecule has 1 aromatic heterocycles. The molecule has 3 atom stereocenters. The van der Waals surface area contributed by atoms with Gasteiger partial charge in [-0.1, -0.05) is 63.2 Å². The van der Waals surface area contributed by atoms with E-state index in [4.69, 9.17) is 4.74 Å². The number of amides is 3. The van der Waals surface area contributed by atoms with Crippen molar-refractivity contribution < 1.29 is 37.2 Å². The number of nitrogens with zero attached hydrogens (tertiary/aromatic N) is 3. The predicted molar refractivity (Wildman–Crippen MR) is 133 cm³/mol. The van der Waals surface area contributed by atoms with E-state index in [9.17, 15) is 28.0 Å². The highest BCUT2D eigenvalue weighted by molar-refractivity contribution is 6.00. The van der Waals surface area contributed by atoms with E-state index in [-0.39, 0.29) is 19.1 Å². The smallest absolute Gasteiger partial charge is 0.408 e. The van der Waals surface area contributed by atoms with E-state index >= 15 is 0 Å². The van der Waals surface area contributed by atoms with Gasteiger partial charge in [0.15, 0.2) is 0 Å². The minimum Gasteiger partial charge on any atom is -0.445 e. The first kappa shape index (κ1) is 29.7. The summed E-state index contributed by atoms with van der Waals surface area (Å²) < 4.78 is 35.3. The molecule has 1 aliphatic rings. The normalized spacial score (nSPS) is 16.8. The molecule has 0 aliphatic carbocycles. The number of aromatic nitrogens is 2. The van der Waals surface area contributed by atoms with Gasteiger partial charge in [-0.2, -0.15) is 13.8 Å². The number of ketones is 1. The van der Waals surface area contributed by atoms with Crippen molar-refractivity contribution in [2.24, 2.45) is 11.8 Å². The molecule has 1 aliphatic heterocycles. The summed E-state index contributed by atoms with van der Waals surface area (Å²) in [6, 6.07) is 6.10. The summed E-state index contributed by atoms with van der Waals surface area (Å²) in [5.41, 5.74) is 0.789. The SMILES string of the molecule is CC(C)[C@H](NC(=O)OCc1ccccc1)C(=O)N1CCCC1C(=O)N[C@@H](C(=O)c1noc(C(F)F)n1)C(C)C. The highest BCUT2D eigenvalue weighted by atomic mass is 19.3. The summed E-state index contributed by atoms with van der Waals surface area (Å²) in [4.78, 5) is 56.8. The standard InChI is InChI=1S/C26H33F2N5O6/c1-14(2)18(20(34)22-31-24(21(27)28)39-32-22)29-23(35)17-11-8-12-33(17)25(36)19(15(3)4)30-26(37)38-13-16-9-6-5-7-10-16/h5-7,9-10,14-15,17-19,21H,8,11-13H2,1-4H3,(H,29,35)(H,30,37)/t17?,18-,19+/m1/s1. The van der Waals surface area contributed by atoms with E-state index in [1.54, 1.807) is 39.8 Å². The molecule has 39 heavy (non-hydrogen) atoms. The van der Waals surface area contributed by atoms with Crippen LogP contribution in [0.5, 0.6) is 0 Å². The van der Waals surface area contributed by atoms with Gasteiger partial charge in [0.1, 0.15) is 18.7 Å². The fourth-order valence-electron chi connectivity index (χ4n) is 4.23. The van der Waals surface area contributed by atoms with Crippen molar-refractivity contribution in [3.63, 3.8) is 0 Å². The lowest BCUT2D eigenvalue weighted by atomic mass is 9.98. The van der Waals surface area contributed by atoms with E-state index in [0.29, 0.717) is 12.8 Å². The largest absolute Gasteiger partial charge is 0.445 e. The van der Waals surface area contributed by atoms with Gasteiger partial charge in [-0.25, -0.2) is 4.79 Å². The second kappa shape index (κ2) is 13.3. The van der Waals surface area contributed by atoms with Crippen LogP contribution in [0.1, 0.15) is 69.0 Å². The molecule has 212 valence electrons. The predicted octanol–water partition coefficient (Wildman–Crippen LogP) is 3.27. The first-order valence-corrected chi connectivity index (χ1v) is 12.7. The third-order valence-corrected chi connectivity index (χ3v) is 6.35. The molecule has 3 amide bonds. The minimum absolute atomic E-state index is 0.0320. The van der Waals surface area contributed by atoms with Crippen molar-refractivity contribution in [3.05, 3.63) is 47.6 Å². The lowest BCUT2D eigenvalue weighted by Gasteiger charge is -2.31. The number of alkyl carbamates (subject to hydrolysis) is 1. The molecule has 2 aromatic rings. The third-order valence-electron chi connectivity index (χ3n) is 6.35. The van der Waals surface area contributed by atoms with Crippen molar-refractivity contribution >= 4 is 23.7 Å². The highest BCUT2D eigenvalue weighted by Gasteiger charge is 2.40. The lowest BCUT2D eigenvalue weighted by molar-refractivity contribution is -0.141. The molecule has 0 spiro atoms. The number of nitrogens with one attached hydrogen (secondary N) is 2. The van der Waals surface area contributed by atoms with Crippen LogP contribution in [0, 0.1) is 11.8 Å². The summed E-state index contributed by atoms with van der Waals surface area (Å²) in [6.07, 6.45) is -2.92. The van der Waals surface area contributed by atoms with Gasteiger partial charge in [0, 0.05) is 6.54 Å². The van der Waals surface area contributed by atoms with Gasteiger partial charge in [0.25, 0.3) is 5.89 Å². The summed E-state index contributed by atoms with van der Waals surface area (Å²) in [5.74, 6) is -4.13. The van der Waals surface area contributed by atoms with Crippen LogP contribution < -0.4 is 10.6 Å². The molecule has 3 rings (SSSR count). The van der Waals surface area contributed by atoms with Crippen LogP contribution in [-0.4, -0.2) is 63.4 Å². The molecule has 2 N–H and O–H groups in total. The number of rotatable bonds is 11. The van der Waals surface area contributed by atoms with Gasteiger partial charge in [-0.05, 0) is 30.2 Å². The maximum absolute atomic E-state index is 13.5. The second-order valence-electron chi connectivity index (χ2n) is 9.97. The second-order valence-corrected chi connectivity index (χ2v) is 9.97. The number of Topliss-reactive ketones (excluding diaryl/α,β-unsaturated/α-hetero) is 1. The molecule has 13 heteroatoms. The molecular weight excluding hydrogens is 516 g/mol. The zero-order valence-electron chi connectivity index (χ0n) is 22.2. The number of hydrogen-bond acceptors (Lipinski definition) is 8. The molecular formula is C26H33F2N5O6. The van der Waals surface area contributed by atoms with Crippen molar-refractivity contribution in [2.45, 2.75) is 71.7 Å². The van der Waals surface area contributed by atoms with Crippen LogP contribution in [0.3, 0.4) is 0 Å². The van der Waals surface area contributed by atoms with Crippen LogP contribution in [0.4, 0.5) is 13.6 Å². The number of hydrogen-bond donors (Lipinski definition) is 2. The molecule has 0 bridgehead atoms. The average molecular weight is 550 g/mol. The van der Waals surface area contributed by atoms with Gasteiger partial charge in [-0.3, -0.25) is 14.4 Å². The van der Waals surface area contributed by atoms with Crippen LogP contribution in [0.2, 0.25) is 0 Å². The molecule has 1 unspecified atom stereocenters. The molecule has 1 aromatic carbocycles. The average Bonchev–Trinajstić information content (AvgIpc) is 3.59. The van der Waals surface area contributed by atoms with Crippen molar-refractivity contribution in [3.8, 4) is 0 Å². The van der Waals surface area contributed by atoms with Gasteiger partial charge in [0.05, 0.1) is 6.04 Å². The molecule has 11 nitrogen and oxygen atoms in total. The van der Waals surface area contributed by atoms with E-state index in [0.717, 1.165) is 5.56 Å². The Bertz CT molecular complexity index is 1160. The molecule has 0 saturated carbocycles. The fourth-order valence-corrected chi connectivity index (χ4v) is 4.23. The Kier molecular flexibility index (Phi) is 10.1. The van der Waals surface area contributed by atoms with Crippen molar-refractivity contribution in [2.75, 3.05) is 6.54 Å². The molecule has 2 heterocycles. The van der Waals surface area contributed by atoms with Crippen LogP contribution in [0.15, 0.2) is 34.9 Å². The first-order chi connectivity index (χ1) is 18.5. The number of benzene rings is 1. The van der Waals surface area contributed by atoms with Crippen LogP contribution in [-0.2, 0) is 20.9 Å². The molecule has 1 saturated heterocycles. The van der Waals surface area contributed by atoms with E-state index in [1.807, 2.05) is 18.2 Å². The number of carbonyl (C=O) groups is 4. The van der Waals surface area contributed by atoms with Gasteiger partial charge < -0.3 is 24.8 Å². The zero-order valence-corrected chi connectivity index (χ0v) is 22.2. The maximum Gasteiger partial charge on any atom is 0.408 e. The van der Waals surface area contributed by atoms with Crippen LogP contribution in [0.25, 0.3) is 0 Å². The summed E-state index contributed by atoms with van der Waals surface area (Å²) in [6.45, 7) is 7.16. The lowest BCUT2D eigenvalue weighted by Crippen LogP contribution is -2.57. The minimum atomic E-state index is -3.04. The molecule has 1 fully saturated rings. The van der Waals surface area contributed by atoms with Gasteiger partial charge in [-0.15, -0.1) is 0 Å². The Balaban J connectivity index is 1.66. The number of likely N-dealkylation sites (tertiary alicyclic amines) is 1. The molecule has 0 radical (unpaired) electrons. The zero-order chi connectivity index (χ0) is 28.7. The van der Waals surface area contributed by atoms with Gasteiger partial charge in [0.2, 0.25) is 23.4 Å². The number of alkyl halides is 2. The first-order valence-electron chi connectivity index (χ1n) is 12.7. The highest BCUT2D eigenvalue weighted by Crippen LogP contribution is 2.22. The number of carbonyl (C=O) groups excluding carboxylic acids is 4. The summed E-state index contributed by atoms with van der Waals surface area (Å²) >= 11 is 0. The Hall–Kier alpha value is -3.90. The van der Waals surface area contributed by atoms with E-state index in [1.165, 1.54) is 4.90 Å². The Morgan fingerprint density at radius 1 is 1.05 bits per heavy atom. The summed E-state index contributed by atoms with van der Waals surface area (Å²) in [7, 11) is 0. The summed E-state index contributed by atoms with van der Waals surface area (Å²) in [5, 5.41) is 8.54. The number of ether oxygens (including phenoxy) is 1. The van der Waals surface area contributed by atoms with Crippen LogP contribution >= 0.6 is 0 Å². The topological polar surface area (TPSA) is 144 Å². The van der Waals surface area contributed by atoms with E-state index < -0.39 is 65.9 Å². The Labute approximate surface area is 224 Å². The van der Waals surface area contributed by atoms with Crippen molar-refractivity contribution in [1.29, 1.82) is 0 Å². The van der Waals surface area contributed by atoms with Gasteiger partial charge >= 0.3 is 12.5 Å². The van der Waals surface area contributed by atoms with E-state index in [2.05, 4.69) is 25.3 Å². The quantitative estimate of drug-likeness (QED) is 0.407.